The molecule has 35 heavy (non-hydrogen) atoms. The van der Waals surface area contributed by atoms with E-state index in [2.05, 4.69) is 20.9 Å². The number of aromatic nitrogens is 1. The van der Waals surface area contributed by atoms with Gasteiger partial charge in [-0.2, -0.15) is 0 Å². The molecular formula is C29H26BrFN2O2. The molecule has 0 aliphatic carbocycles. The van der Waals surface area contributed by atoms with Crippen LogP contribution in [0.4, 0.5) is 4.39 Å². The molecule has 0 aliphatic rings. The quantitative estimate of drug-likeness (QED) is 0.200. The Morgan fingerprint density at radius 3 is 2.17 bits per heavy atom. The highest BCUT2D eigenvalue weighted by atomic mass is 79.9. The van der Waals surface area contributed by atoms with Crippen molar-refractivity contribution in [1.29, 1.82) is 0 Å². The van der Waals surface area contributed by atoms with Gasteiger partial charge in [0.25, 0.3) is 0 Å². The molecule has 0 bridgehead atoms. The first-order valence-electron chi connectivity index (χ1n) is 11.4. The first kappa shape index (κ1) is 24.7. The SMILES string of the molecule is CC(C)(C)OC(=O)[C@H](Cc1ccc(Br)c2ncc(F)cc12)N=C(c1ccccc1)c1ccccc1. The van der Waals surface area contributed by atoms with Gasteiger partial charge in [0, 0.05) is 27.4 Å². The van der Waals surface area contributed by atoms with Crippen LogP contribution in [0.15, 0.2) is 94.5 Å². The molecule has 0 unspecified atom stereocenters. The van der Waals surface area contributed by atoms with Gasteiger partial charge in [-0.1, -0.05) is 66.7 Å². The monoisotopic (exact) mass is 532 g/mol. The largest absolute Gasteiger partial charge is 0.458 e. The van der Waals surface area contributed by atoms with Gasteiger partial charge in [-0.05, 0) is 54.4 Å². The summed E-state index contributed by atoms with van der Waals surface area (Å²) in [5, 5.41) is 0.629. The average molecular weight is 533 g/mol. The van der Waals surface area contributed by atoms with E-state index in [0.29, 0.717) is 16.6 Å². The molecule has 0 N–H and O–H groups in total. The Morgan fingerprint density at radius 1 is 1.00 bits per heavy atom. The fraction of sp³-hybridized carbons (Fsp3) is 0.207. The van der Waals surface area contributed by atoms with Crippen LogP contribution in [0.5, 0.6) is 0 Å². The van der Waals surface area contributed by atoms with Crippen LogP contribution in [0.25, 0.3) is 10.9 Å². The average Bonchev–Trinajstić information content (AvgIpc) is 2.83. The lowest BCUT2D eigenvalue weighted by molar-refractivity contribution is -0.156. The van der Waals surface area contributed by atoms with Crippen molar-refractivity contribution in [2.75, 3.05) is 0 Å². The summed E-state index contributed by atoms with van der Waals surface area (Å²) in [5.74, 6) is -0.884. The van der Waals surface area contributed by atoms with Gasteiger partial charge in [0.1, 0.15) is 11.4 Å². The van der Waals surface area contributed by atoms with Crippen molar-refractivity contribution in [3.63, 3.8) is 0 Å². The maximum atomic E-state index is 14.1. The highest BCUT2D eigenvalue weighted by Gasteiger charge is 2.27. The van der Waals surface area contributed by atoms with Gasteiger partial charge < -0.3 is 4.74 Å². The molecule has 1 heterocycles. The molecule has 4 nitrogen and oxygen atoms in total. The third kappa shape index (κ3) is 6.20. The van der Waals surface area contributed by atoms with Crippen molar-refractivity contribution in [3.05, 3.63) is 112 Å². The molecule has 4 aromatic rings. The number of carbonyl (C=O) groups excluding carboxylic acids is 1. The lowest BCUT2D eigenvalue weighted by Gasteiger charge is -2.23. The minimum atomic E-state index is -0.850. The van der Waals surface area contributed by atoms with E-state index in [1.54, 1.807) is 0 Å². The Kier molecular flexibility index (Phi) is 7.41. The van der Waals surface area contributed by atoms with Crippen molar-refractivity contribution in [2.45, 2.75) is 38.8 Å². The standard InChI is InChI=1S/C29H26BrFN2O2/c1-29(2,3)35-28(34)25(16-21-14-15-24(30)27-23(21)17-22(31)18-32-27)33-26(19-10-6-4-7-11-19)20-12-8-5-9-13-20/h4-15,17-18,25H,16H2,1-3H3/t25-/m0/s1. The first-order valence-corrected chi connectivity index (χ1v) is 12.1. The Balaban J connectivity index is 1.85. The zero-order chi connectivity index (χ0) is 25.0. The topological polar surface area (TPSA) is 51.5 Å². The second-order valence-electron chi connectivity index (χ2n) is 9.22. The number of nitrogens with zero attached hydrogens (tertiary/aromatic N) is 2. The van der Waals surface area contributed by atoms with Crippen molar-refractivity contribution < 1.29 is 13.9 Å². The molecule has 0 fully saturated rings. The smallest absolute Gasteiger partial charge is 0.331 e. The lowest BCUT2D eigenvalue weighted by Crippen LogP contribution is -2.33. The van der Waals surface area contributed by atoms with E-state index in [1.165, 1.54) is 12.3 Å². The molecule has 1 aromatic heterocycles. The van der Waals surface area contributed by atoms with Crippen LogP contribution in [0.3, 0.4) is 0 Å². The molecule has 4 rings (SSSR count). The molecule has 178 valence electrons. The number of fused-ring (bicyclic) bond motifs is 1. The summed E-state index contributed by atoms with van der Waals surface area (Å²) in [5.41, 5.74) is 3.17. The predicted molar refractivity (Wildman–Crippen MR) is 141 cm³/mol. The van der Waals surface area contributed by atoms with Gasteiger partial charge in [0.2, 0.25) is 0 Å². The molecular weight excluding hydrogens is 507 g/mol. The van der Waals surface area contributed by atoms with Crippen molar-refractivity contribution in [3.8, 4) is 0 Å². The minimum absolute atomic E-state index is 0.229. The fourth-order valence-corrected chi connectivity index (χ4v) is 4.27. The molecule has 3 aromatic carbocycles. The van der Waals surface area contributed by atoms with Gasteiger partial charge in [0.15, 0.2) is 6.04 Å². The fourth-order valence-electron chi connectivity index (χ4n) is 3.82. The molecule has 0 saturated heterocycles. The predicted octanol–water partition coefficient (Wildman–Crippen LogP) is 6.93. The summed E-state index contributed by atoms with van der Waals surface area (Å²) in [7, 11) is 0. The van der Waals surface area contributed by atoms with Crippen LogP contribution in [-0.4, -0.2) is 28.3 Å². The second kappa shape index (κ2) is 10.5. The normalized spacial score (nSPS) is 12.3. The van der Waals surface area contributed by atoms with E-state index in [1.807, 2.05) is 93.6 Å². The zero-order valence-electron chi connectivity index (χ0n) is 19.8. The van der Waals surface area contributed by atoms with Crippen molar-refractivity contribution in [1.82, 2.24) is 4.98 Å². The number of pyridine rings is 1. The maximum Gasteiger partial charge on any atom is 0.331 e. The molecule has 0 aliphatic heterocycles. The van der Waals surface area contributed by atoms with Gasteiger partial charge >= 0.3 is 5.97 Å². The number of hydrogen-bond donors (Lipinski definition) is 0. The maximum absolute atomic E-state index is 14.1. The molecule has 0 saturated carbocycles. The van der Waals surface area contributed by atoms with Gasteiger partial charge in [-0.15, -0.1) is 0 Å². The molecule has 6 heteroatoms. The highest BCUT2D eigenvalue weighted by molar-refractivity contribution is 9.10. The van der Waals surface area contributed by atoms with Gasteiger partial charge in [-0.3, -0.25) is 9.98 Å². The number of benzene rings is 3. The number of aliphatic imine (C=N–C) groups is 1. The second-order valence-corrected chi connectivity index (χ2v) is 10.1. The Hall–Kier alpha value is -3.38. The van der Waals surface area contributed by atoms with E-state index in [9.17, 15) is 9.18 Å². The number of hydrogen-bond acceptors (Lipinski definition) is 4. The van der Waals surface area contributed by atoms with E-state index >= 15 is 0 Å². The summed E-state index contributed by atoms with van der Waals surface area (Å²) in [6.07, 6.45) is 1.41. The van der Waals surface area contributed by atoms with E-state index in [4.69, 9.17) is 9.73 Å². The number of rotatable bonds is 6. The van der Waals surface area contributed by atoms with E-state index in [-0.39, 0.29) is 6.42 Å². The van der Waals surface area contributed by atoms with Crippen LogP contribution in [0.2, 0.25) is 0 Å². The summed E-state index contributed by atoms with van der Waals surface area (Å²) in [4.78, 5) is 22.6. The van der Waals surface area contributed by atoms with Crippen molar-refractivity contribution >= 4 is 38.5 Å². The molecule has 0 amide bonds. The highest BCUT2D eigenvalue weighted by Crippen LogP contribution is 2.28. The third-order valence-electron chi connectivity index (χ3n) is 5.33. The summed E-state index contributed by atoms with van der Waals surface area (Å²) in [6, 6.07) is 23.8. The van der Waals surface area contributed by atoms with Crippen LogP contribution in [0, 0.1) is 5.82 Å². The Morgan fingerprint density at radius 2 is 1.60 bits per heavy atom. The van der Waals surface area contributed by atoms with E-state index in [0.717, 1.165) is 21.2 Å². The number of ether oxygens (including phenoxy) is 1. The summed E-state index contributed by atoms with van der Waals surface area (Å²) < 4.78 is 20.6. The molecule has 0 radical (unpaired) electrons. The minimum Gasteiger partial charge on any atom is -0.458 e. The number of halogens is 2. The Bertz CT molecular complexity index is 1320. The Labute approximate surface area is 213 Å². The molecule has 1 atom stereocenters. The van der Waals surface area contributed by atoms with Crippen LogP contribution in [-0.2, 0) is 16.0 Å². The van der Waals surface area contributed by atoms with Crippen LogP contribution >= 0.6 is 15.9 Å². The van der Waals surface area contributed by atoms with Crippen LogP contribution in [0.1, 0.15) is 37.5 Å². The lowest BCUT2D eigenvalue weighted by atomic mass is 9.98. The summed E-state index contributed by atoms with van der Waals surface area (Å²) >= 11 is 3.49. The van der Waals surface area contributed by atoms with Gasteiger partial charge in [0.05, 0.1) is 17.4 Å². The summed E-state index contributed by atoms with van der Waals surface area (Å²) in [6.45, 7) is 5.49. The number of carbonyl (C=O) groups is 1. The zero-order valence-corrected chi connectivity index (χ0v) is 21.4. The van der Waals surface area contributed by atoms with E-state index < -0.39 is 23.4 Å². The third-order valence-corrected chi connectivity index (χ3v) is 5.97. The first-order chi connectivity index (χ1) is 16.7. The van der Waals surface area contributed by atoms with Crippen molar-refractivity contribution in [2.24, 2.45) is 4.99 Å². The number of esters is 1. The van der Waals surface area contributed by atoms with Crippen LogP contribution < -0.4 is 0 Å². The molecule has 0 spiro atoms. The van der Waals surface area contributed by atoms with Gasteiger partial charge in [-0.25, -0.2) is 9.18 Å².